The lowest BCUT2D eigenvalue weighted by Crippen LogP contribution is -2.47. The van der Waals surface area contributed by atoms with E-state index in [-0.39, 0.29) is 0 Å². The van der Waals surface area contributed by atoms with Gasteiger partial charge in [0.15, 0.2) is 0 Å². The van der Waals surface area contributed by atoms with Crippen LogP contribution in [0, 0.1) is 12.8 Å². The quantitative estimate of drug-likeness (QED) is 0.848. The molecule has 0 amide bonds. The number of piperazine rings is 1. The molecular weight excluding hydrogens is 340 g/mol. The fourth-order valence-electron chi connectivity index (χ4n) is 4.15. The van der Waals surface area contributed by atoms with E-state index in [4.69, 9.17) is 0 Å². The molecule has 3 nitrogen and oxygen atoms in total. The first-order chi connectivity index (χ1) is 10.7. The Hall–Kier alpha value is -0.580. The Bertz CT molecular complexity index is 490. The van der Waals surface area contributed by atoms with Crippen molar-refractivity contribution >= 4 is 15.9 Å². The maximum Gasteiger partial charge on any atom is 0.123 e. The molecule has 0 bridgehead atoms. The molecule has 0 spiro atoms. The summed E-state index contributed by atoms with van der Waals surface area (Å²) in [5.41, 5.74) is 2.10. The zero-order chi connectivity index (χ0) is 15.5. The van der Waals surface area contributed by atoms with Gasteiger partial charge >= 0.3 is 0 Å². The minimum atomic E-state index is 0.360. The van der Waals surface area contributed by atoms with Crippen LogP contribution in [-0.4, -0.2) is 36.2 Å². The van der Waals surface area contributed by atoms with Gasteiger partial charge in [-0.05, 0) is 43.4 Å². The number of aromatic hydroxyl groups is 1. The van der Waals surface area contributed by atoms with E-state index in [1.54, 1.807) is 0 Å². The lowest BCUT2D eigenvalue weighted by molar-refractivity contribution is 0.101. The molecule has 1 saturated heterocycles. The molecule has 1 aliphatic carbocycles. The monoisotopic (exact) mass is 366 g/mol. The number of phenols is 1. The Morgan fingerprint density at radius 2 is 1.86 bits per heavy atom. The van der Waals surface area contributed by atoms with Crippen LogP contribution in [0.5, 0.6) is 5.75 Å². The summed E-state index contributed by atoms with van der Waals surface area (Å²) in [6, 6.07) is 4.51. The van der Waals surface area contributed by atoms with Gasteiger partial charge in [0.1, 0.15) is 5.75 Å². The van der Waals surface area contributed by atoms with Gasteiger partial charge < -0.3 is 10.4 Å². The van der Waals surface area contributed by atoms with Crippen LogP contribution >= 0.6 is 15.9 Å². The van der Waals surface area contributed by atoms with Crippen LogP contribution < -0.4 is 5.32 Å². The van der Waals surface area contributed by atoms with E-state index in [2.05, 4.69) is 32.2 Å². The molecule has 2 N–H and O–H groups in total. The maximum atomic E-state index is 10.7. The van der Waals surface area contributed by atoms with Crippen molar-refractivity contribution in [2.75, 3.05) is 26.2 Å². The van der Waals surface area contributed by atoms with Crippen molar-refractivity contribution in [2.24, 2.45) is 5.92 Å². The topological polar surface area (TPSA) is 35.5 Å². The Labute approximate surface area is 142 Å². The summed E-state index contributed by atoms with van der Waals surface area (Å²) < 4.78 is 1.08. The number of aryl methyl sites for hydroxylation is 1. The van der Waals surface area contributed by atoms with Crippen molar-refractivity contribution in [1.29, 1.82) is 0 Å². The van der Waals surface area contributed by atoms with Gasteiger partial charge in [-0.25, -0.2) is 0 Å². The summed E-state index contributed by atoms with van der Waals surface area (Å²) in [7, 11) is 0. The van der Waals surface area contributed by atoms with E-state index >= 15 is 0 Å². The first kappa shape index (κ1) is 16.3. The van der Waals surface area contributed by atoms with Crippen molar-refractivity contribution in [3.05, 3.63) is 27.7 Å². The third-order valence-electron chi connectivity index (χ3n) is 5.25. The summed E-state index contributed by atoms with van der Waals surface area (Å²) in [5, 5.41) is 14.1. The van der Waals surface area contributed by atoms with Crippen molar-refractivity contribution in [1.82, 2.24) is 10.2 Å². The molecule has 2 aliphatic rings. The summed E-state index contributed by atoms with van der Waals surface area (Å²) in [4.78, 5) is 2.59. The Morgan fingerprint density at radius 3 is 2.55 bits per heavy atom. The van der Waals surface area contributed by atoms with E-state index in [0.717, 1.165) is 41.8 Å². The fourth-order valence-corrected chi connectivity index (χ4v) is 4.74. The highest BCUT2D eigenvalue weighted by molar-refractivity contribution is 9.10. The minimum Gasteiger partial charge on any atom is -0.507 e. The number of nitrogens with zero attached hydrogens (tertiary/aromatic N) is 1. The first-order valence-electron chi connectivity index (χ1n) is 8.60. The number of nitrogens with one attached hydrogen (secondary N) is 1. The molecular formula is C18H27BrN2O. The molecule has 0 aromatic heterocycles. The Kier molecular flexibility index (Phi) is 5.42. The molecule has 1 heterocycles. The normalized spacial score (nSPS) is 22.6. The van der Waals surface area contributed by atoms with E-state index < -0.39 is 0 Å². The smallest absolute Gasteiger partial charge is 0.123 e. The molecule has 122 valence electrons. The second-order valence-corrected chi connectivity index (χ2v) is 7.71. The van der Waals surface area contributed by atoms with Gasteiger partial charge in [-0.3, -0.25) is 4.90 Å². The lowest BCUT2D eigenvalue weighted by Gasteiger charge is -2.41. The van der Waals surface area contributed by atoms with Crippen LogP contribution in [0.4, 0.5) is 0 Å². The molecule has 2 fully saturated rings. The number of phenolic OH excluding ortho intramolecular Hbond substituents is 1. The fraction of sp³-hybridized carbons (Fsp3) is 0.667. The number of benzene rings is 1. The van der Waals surface area contributed by atoms with Crippen LogP contribution in [0.2, 0.25) is 0 Å². The van der Waals surface area contributed by atoms with Crippen LogP contribution in [0.1, 0.15) is 49.3 Å². The second kappa shape index (κ2) is 7.33. The van der Waals surface area contributed by atoms with Crippen LogP contribution in [0.25, 0.3) is 0 Å². The van der Waals surface area contributed by atoms with Gasteiger partial charge in [0.05, 0.1) is 0 Å². The van der Waals surface area contributed by atoms with Crippen LogP contribution in [0.15, 0.2) is 16.6 Å². The third kappa shape index (κ3) is 3.50. The highest BCUT2D eigenvalue weighted by Gasteiger charge is 2.33. The highest BCUT2D eigenvalue weighted by Crippen LogP contribution is 2.43. The number of hydrogen-bond acceptors (Lipinski definition) is 3. The standard InChI is InChI=1S/C18H27BrN2O/c1-13-11-15(19)12-16(18(13)22)17(14-5-3-2-4-6-14)21-9-7-20-8-10-21/h11-12,14,17,20,22H,2-10H2,1H3/t17-/m0/s1. The van der Waals surface area contributed by atoms with Crippen LogP contribution in [0.3, 0.4) is 0 Å². The number of halogens is 1. The van der Waals surface area contributed by atoms with Gasteiger partial charge in [0, 0.05) is 42.3 Å². The summed E-state index contributed by atoms with van der Waals surface area (Å²) in [5.74, 6) is 1.17. The average molecular weight is 367 g/mol. The van der Waals surface area contributed by atoms with E-state index in [0.29, 0.717) is 17.7 Å². The van der Waals surface area contributed by atoms with Gasteiger partial charge in [0.25, 0.3) is 0 Å². The Balaban J connectivity index is 1.96. The predicted molar refractivity (Wildman–Crippen MR) is 94.3 cm³/mol. The van der Waals surface area contributed by atoms with Gasteiger partial charge in [-0.15, -0.1) is 0 Å². The predicted octanol–water partition coefficient (Wildman–Crippen LogP) is 3.99. The lowest BCUT2D eigenvalue weighted by atomic mass is 9.79. The summed E-state index contributed by atoms with van der Waals surface area (Å²) >= 11 is 3.62. The molecule has 1 aromatic carbocycles. The largest absolute Gasteiger partial charge is 0.507 e. The maximum absolute atomic E-state index is 10.7. The number of hydrogen-bond donors (Lipinski definition) is 2. The minimum absolute atomic E-state index is 0.360. The molecule has 4 heteroatoms. The van der Waals surface area contributed by atoms with Crippen molar-refractivity contribution < 1.29 is 5.11 Å². The van der Waals surface area contributed by atoms with E-state index in [1.807, 2.05) is 13.0 Å². The molecule has 3 rings (SSSR count). The zero-order valence-corrected chi connectivity index (χ0v) is 15.0. The molecule has 1 aliphatic heterocycles. The Morgan fingerprint density at radius 1 is 1.18 bits per heavy atom. The first-order valence-corrected chi connectivity index (χ1v) is 9.40. The molecule has 1 aromatic rings. The molecule has 22 heavy (non-hydrogen) atoms. The van der Waals surface area contributed by atoms with Crippen molar-refractivity contribution in [3.63, 3.8) is 0 Å². The number of rotatable bonds is 3. The molecule has 1 atom stereocenters. The molecule has 0 radical (unpaired) electrons. The summed E-state index contributed by atoms with van der Waals surface area (Å²) in [6.45, 7) is 6.26. The average Bonchev–Trinajstić information content (AvgIpc) is 2.54. The SMILES string of the molecule is Cc1cc(Br)cc([C@H](C2CCCCC2)N2CCNCC2)c1O. The second-order valence-electron chi connectivity index (χ2n) is 6.79. The van der Waals surface area contributed by atoms with Crippen molar-refractivity contribution in [2.45, 2.75) is 45.1 Å². The summed E-state index contributed by atoms with van der Waals surface area (Å²) in [6.07, 6.45) is 6.62. The third-order valence-corrected chi connectivity index (χ3v) is 5.71. The van der Waals surface area contributed by atoms with Gasteiger partial charge in [0.2, 0.25) is 0 Å². The highest BCUT2D eigenvalue weighted by atomic mass is 79.9. The zero-order valence-electron chi connectivity index (χ0n) is 13.4. The molecule has 1 saturated carbocycles. The van der Waals surface area contributed by atoms with E-state index in [1.165, 1.54) is 32.1 Å². The molecule has 0 unspecified atom stereocenters. The van der Waals surface area contributed by atoms with E-state index in [9.17, 15) is 5.11 Å². The van der Waals surface area contributed by atoms with Gasteiger partial charge in [-0.2, -0.15) is 0 Å². The van der Waals surface area contributed by atoms with Crippen LogP contribution in [-0.2, 0) is 0 Å². The van der Waals surface area contributed by atoms with Gasteiger partial charge in [-0.1, -0.05) is 35.2 Å². The van der Waals surface area contributed by atoms with Crippen molar-refractivity contribution in [3.8, 4) is 5.75 Å².